The fourth-order valence-electron chi connectivity index (χ4n) is 1.24. The van der Waals surface area contributed by atoms with Crippen LogP contribution < -0.4 is 0 Å². The zero-order valence-electron chi connectivity index (χ0n) is 8.80. The topological polar surface area (TPSA) is 35.5 Å². The van der Waals surface area contributed by atoms with Crippen LogP contribution in [-0.2, 0) is 14.6 Å². The van der Waals surface area contributed by atoms with Gasteiger partial charge in [-0.1, -0.05) is 30.1 Å². The first kappa shape index (κ1) is 13.8. The normalized spacial score (nSPS) is 29.4. The third-order valence-electron chi connectivity index (χ3n) is 2.18. The molecule has 0 N–H and O–H groups in total. The zero-order valence-corrected chi connectivity index (χ0v) is 11.1. The lowest BCUT2D eigenvalue weighted by atomic mass is 9.94. The third-order valence-corrected chi connectivity index (χ3v) is 3.51. The first-order valence-corrected chi connectivity index (χ1v) is 5.81. The van der Waals surface area contributed by atoms with Gasteiger partial charge in [-0.15, -0.1) is 11.6 Å². The van der Waals surface area contributed by atoms with E-state index in [1.165, 1.54) is 13.0 Å². The van der Waals surface area contributed by atoms with Gasteiger partial charge in [-0.05, 0) is 18.6 Å². The van der Waals surface area contributed by atoms with Crippen molar-refractivity contribution in [1.82, 2.24) is 0 Å². The molecule has 2 atom stereocenters. The summed E-state index contributed by atoms with van der Waals surface area (Å²) in [5.41, 5.74) is 0. The predicted molar refractivity (Wildman–Crippen MR) is 63.4 cm³/mol. The Morgan fingerprint density at radius 1 is 1.50 bits per heavy atom. The Balaban J connectivity index is 2.85. The average Bonchev–Trinajstić information content (AvgIpc) is 2.21. The standard InChI is InChI=1S/C10H11Cl3O3/c1-3-10(13)5-8(12)7(11)4-9(10)16-15-6(2)14/h4-5,9H,3H2,1-2H3. The molecule has 0 radical (unpaired) electrons. The van der Waals surface area contributed by atoms with Gasteiger partial charge < -0.3 is 0 Å². The van der Waals surface area contributed by atoms with E-state index in [9.17, 15) is 4.79 Å². The summed E-state index contributed by atoms with van der Waals surface area (Å²) in [5.74, 6) is -0.555. The highest BCUT2D eigenvalue weighted by Crippen LogP contribution is 2.38. The Morgan fingerprint density at radius 3 is 2.62 bits per heavy atom. The number of rotatable bonds is 3. The lowest BCUT2D eigenvalue weighted by molar-refractivity contribution is -0.290. The minimum Gasteiger partial charge on any atom is -0.298 e. The van der Waals surface area contributed by atoms with Crippen LogP contribution in [0.25, 0.3) is 0 Å². The van der Waals surface area contributed by atoms with Crippen LogP contribution in [0.5, 0.6) is 0 Å². The van der Waals surface area contributed by atoms with Crippen LogP contribution in [-0.4, -0.2) is 16.9 Å². The highest BCUT2D eigenvalue weighted by atomic mass is 35.5. The maximum atomic E-state index is 10.6. The van der Waals surface area contributed by atoms with E-state index in [0.717, 1.165) is 0 Å². The third kappa shape index (κ3) is 3.14. The first-order chi connectivity index (χ1) is 7.39. The van der Waals surface area contributed by atoms with E-state index >= 15 is 0 Å². The molecule has 6 heteroatoms. The van der Waals surface area contributed by atoms with E-state index < -0.39 is 16.9 Å². The molecule has 0 saturated heterocycles. The number of carbonyl (C=O) groups is 1. The minimum absolute atomic E-state index is 0.323. The summed E-state index contributed by atoms with van der Waals surface area (Å²) in [7, 11) is 0. The summed E-state index contributed by atoms with van der Waals surface area (Å²) in [6, 6.07) is 0. The molecule has 0 aromatic rings. The molecule has 16 heavy (non-hydrogen) atoms. The molecular formula is C10H11Cl3O3. The number of halogens is 3. The second kappa shape index (κ2) is 5.41. The van der Waals surface area contributed by atoms with Gasteiger partial charge in [0, 0.05) is 6.92 Å². The number of allylic oxidation sites excluding steroid dienone is 2. The zero-order chi connectivity index (χ0) is 12.3. The Labute approximate surface area is 109 Å². The number of hydrogen-bond donors (Lipinski definition) is 0. The van der Waals surface area contributed by atoms with Gasteiger partial charge in [-0.3, -0.25) is 4.89 Å². The summed E-state index contributed by atoms with van der Waals surface area (Å²) < 4.78 is 0. The smallest absolute Gasteiger partial charge is 0.298 e. The van der Waals surface area contributed by atoms with Gasteiger partial charge in [0.25, 0.3) is 0 Å². The molecule has 0 aromatic carbocycles. The molecule has 0 bridgehead atoms. The summed E-state index contributed by atoms with van der Waals surface area (Å²) in [6.07, 6.45) is 3.01. The van der Waals surface area contributed by atoms with Crippen LogP contribution >= 0.6 is 34.8 Å². The van der Waals surface area contributed by atoms with Crippen molar-refractivity contribution in [3.63, 3.8) is 0 Å². The fraction of sp³-hybridized carbons (Fsp3) is 0.500. The number of hydrogen-bond acceptors (Lipinski definition) is 3. The van der Waals surface area contributed by atoms with E-state index in [4.69, 9.17) is 39.7 Å². The van der Waals surface area contributed by atoms with Crippen LogP contribution in [0.2, 0.25) is 0 Å². The van der Waals surface area contributed by atoms with E-state index in [2.05, 4.69) is 4.89 Å². The Bertz CT molecular complexity index is 351. The molecule has 1 rings (SSSR count). The molecule has 1 aliphatic rings. The Hall–Kier alpha value is -0.220. The Morgan fingerprint density at radius 2 is 2.12 bits per heavy atom. The minimum atomic E-state index is -0.856. The summed E-state index contributed by atoms with van der Waals surface area (Å²) in [4.78, 5) is 19.2. The van der Waals surface area contributed by atoms with E-state index in [0.29, 0.717) is 16.5 Å². The van der Waals surface area contributed by atoms with Gasteiger partial charge in [0.1, 0.15) is 6.10 Å². The molecule has 0 fully saturated rings. The highest BCUT2D eigenvalue weighted by Gasteiger charge is 2.38. The van der Waals surface area contributed by atoms with Gasteiger partial charge in [-0.2, -0.15) is 4.89 Å². The van der Waals surface area contributed by atoms with Gasteiger partial charge in [0.05, 0.1) is 14.9 Å². The van der Waals surface area contributed by atoms with Crippen molar-refractivity contribution in [3.8, 4) is 0 Å². The van der Waals surface area contributed by atoms with E-state index in [1.807, 2.05) is 6.92 Å². The maximum absolute atomic E-state index is 10.6. The van der Waals surface area contributed by atoms with Crippen molar-refractivity contribution >= 4 is 40.8 Å². The van der Waals surface area contributed by atoms with Crippen LogP contribution in [0, 0.1) is 0 Å². The predicted octanol–water partition coefficient (Wildman–Crippen LogP) is 3.50. The quantitative estimate of drug-likeness (QED) is 0.452. The SMILES string of the molecule is CCC1(Cl)C=C(Cl)C(Cl)=CC1OOC(C)=O. The summed E-state index contributed by atoms with van der Waals surface area (Å²) >= 11 is 18.0. The van der Waals surface area contributed by atoms with E-state index in [-0.39, 0.29) is 0 Å². The highest BCUT2D eigenvalue weighted by molar-refractivity contribution is 6.44. The molecule has 1 aliphatic carbocycles. The second-order valence-corrected chi connectivity index (χ2v) is 4.90. The van der Waals surface area contributed by atoms with Gasteiger partial charge >= 0.3 is 5.97 Å². The van der Waals surface area contributed by atoms with Gasteiger partial charge in [0.15, 0.2) is 0 Å². The molecule has 0 saturated carbocycles. The molecule has 2 unspecified atom stereocenters. The molecule has 3 nitrogen and oxygen atoms in total. The van der Waals surface area contributed by atoms with Gasteiger partial charge in [0.2, 0.25) is 0 Å². The number of carbonyl (C=O) groups excluding carboxylic acids is 1. The van der Waals surface area contributed by atoms with Crippen molar-refractivity contribution in [2.45, 2.75) is 31.2 Å². The van der Waals surface area contributed by atoms with Crippen molar-refractivity contribution in [1.29, 1.82) is 0 Å². The molecule has 0 aromatic heterocycles. The number of alkyl halides is 1. The Kier molecular flexibility index (Phi) is 4.68. The van der Waals surface area contributed by atoms with Crippen LogP contribution in [0.1, 0.15) is 20.3 Å². The molecule has 0 aliphatic heterocycles. The van der Waals surface area contributed by atoms with Crippen molar-refractivity contribution in [2.75, 3.05) is 0 Å². The second-order valence-electron chi connectivity index (χ2n) is 3.38. The lowest BCUT2D eigenvalue weighted by Gasteiger charge is -2.31. The molecular weight excluding hydrogens is 274 g/mol. The molecule has 0 heterocycles. The van der Waals surface area contributed by atoms with Crippen molar-refractivity contribution < 1.29 is 14.6 Å². The monoisotopic (exact) mass is 284 g/mol. The van der Waals surface area contributed by atoms with Crippen LogP contribution in [0.4, 0.5) is 0 Å². The first-order valence-electron chi connectivity index (χ1n) is 4.68. The maximum Gasteiger partial charge on any atom is 0.339 e. The summed E-state index contributed by atoms with van der Waals surface area (Å²) in [5, 5.41) is 0.685. The average molecular weight is 286 g/mol. The van der Waals surface area contributed by atoms with Crippen LogP contribution in [0.15, 0.2) is 22.2 Å². The lowest BCUT2D eigenvalue weighted by Crippen LogP contribution is -2.37. The fourth-order valence-corrected chi connectivity index (χ4v) is 1.93. The molecule has 0 spiro atoms. The van der Waals surface area contributed by atoms with Crippen molar-refractivity contribution in [3.05, 3.63) is 22.2 Å². The van der Waals surface area contributed by atoms with Gasteiger partial charge in [-0.25, -0.2) is 4.79 Å². The van der Waals surface area contributed by atoms with E-state index in [1.54, 1.807) is 6.08 Å². The molecule has 0 amide bonds. The van der Waals surface area contributed by atoms with Crippen molar-refractivity contribution in [2.24, 2.45) is 0 Å². The largest absolute Gasteiger partial charge is 0.339 e. The molecule has 90 valence electrons. The summed E-state index contributed by atoms with van der Waals surface area (Å²) in [6.45, 7) is 3.10. The van der Waals surface area contributed by atoms with Crippen LogP contribution in [0.3, 0.4) is 0 Å².